The normalized spacial score (nSPS) is 16.1. The first-order chi connectivity index (χ1) is 13.2. The summed E-state index contributed by atoms with van der Waals surface area (Å²) in [5.74, 6) is 1.29. The van der Waals surface area contributed by atoms with Crippen LogP contribution < -0.4 is 10.6 Å². The van der Waals surface area contributed by atoms with E-state index >= 15 is 0 Å². The zero-order valence-corrected chi connectivity index (χ0v) is 21.2. The van der Waals surface area contributed by atoms with Crippen molar-refractivity contribution < 1.29 is 14.3 Å². The van der Waals surface area contributed by atoms with Crippen LogP contribution in [0, 0.1) is 5.92 Å². The van der Waals surface area contributed by atoms with Gasteiger partial charge in [-0.15, -0.1) is 24.0 Å². The molecule has 1 fully saturated rings. The second-order valence-electron chi connectivity index (χ2n) is 8.07. The maximum atomic E-state index is 11.9. The quantitative estimate of drug-likeness (QED) is 0.289. The van der Waals surface area contributed by atoms with E-state index in [-0.39, 0.29) is 54.6 Å². The first kappa shape index (κ1) is 27.7. The highest BCUT2D eigenvalue weighted by Crippen LogP contribution is 2.12. The van der Waals surface area contributed by atoms with Crippen LogP contribution in [0.15, 0.2) is 4.99 Å². The molecular formula is C20H40IN5O3. The summed E-state index contributed by atoms with van der Waals surface area (Å²) in [6.45, 7) is 10.2. The molecule has 1 unspecified atom stereocenters. The van der Waals surface area contributed by atoms with Crippen molar-refractivity contribution in [1.82, 2.24) is 20.4 Å². The smallest absolute Gasteiger partial charge is 0.409 e. The predicted molar refractivity (Wildman–Crippen MR) is 128 cm³/mol. The molecule has 29 heavy (non-hydrogen) atoms. The van der Waals surface area contributed by atoms with Gasteiger partial charge in [-0.1, -0.05) is 13.8 Å². The van der Waals surface area contributed by atoms with Crippen molar-refractivity contribution in [2.24, 2.45) is 10.9 Å². The lowest BCUT2D eigenvalue weighted by molar-refractivity contribution is -0.127. The monoisotopic (exact) mass is 525 g/mol. The van der Waals surface area contributed by atoms with Gasteiger partial charge in [0.15, 0.2) is 5.96 Å². The van der Waals surface area contributed by atoms with Crippen LogP contribution in [0.3, 0.4) is 0 Å². The molecular weight excluding hydrogens is 485 g/mol. The Kier molecular flexibility index (Phi) is 14.0. The number of halogens is 1. The summed E-state index contributed by atoms with van der Waals surface area (Å²) < 4.78 is 5.07. The Balaban J connectivity index is 0.00000784. The molecule has 1 rings (SSSR count). The number of likely N-dealkylation sites (N-methyl/N-ethyl adjacent to an activating group) is 1. The lowest BCUT2D eigenvalue weighted by atomic mass is 10.0. The zero-order valence-electron chi connectivity index (χ0n) is 18.9. The molecule has 1 aliphatic heterocycles. The van der Waals surface area contributed by atoms with Gasteiger partial charge in [-0.2, -0.15) is 0 Å². The van der Waals surface area contributed by atoms with Gasteiger partial charge < -0.3 is 25.2 Å². The van der Waals surface area contributed by atoms with Gasteiger partial charge in [-0.25, -0.2) is 9.79 Å². The number of nitrogens with one attached hydrogen (secondary N) is 2. The van der Waals surface area contributed by atoms with Gasteiger partial charge in [0.05, 0.1) is 6.61 Å². The summed E-state index contributed by atoms with van der Waals surface area (Å²) in [5.41, 5.74) is 0. The number of nitrogens with zero attached hydrogens (tertiary/aromatic N) is 3. The second kappa shape index (κ2) is 14.7. The number of rotatable bonds is 8. The number of piperidine rings is 1. The SMILES string of the molecule is CCOC(=O)N1CCC(NC(=NCC(=O)N(C)C)NC(C)CCC(C)C)CC1.I. The lowest BCUT2D eigenvalue weighted by Gasteiger charge is -2.33. The van der Waals surface area contributed by atoms with Crippen LogP contribution in [-0.2, 0) is 9.53 Å². The highest BCUT2D eigenvalue weighted by Gasteiger charge is 2.24. The van der Waals surface area contributed by atoms with Gasteiger partial charge >= 0.3 is 6.09 Å². The standard InChI is InChI=1S/C20H39N5O3.HI/c1-7-28-20(27)25-12-10-17(11-13-25)23-19(21-14-18(26)24(5)6)22-16(4)9-8-15(2)3;/h15-17H,7-14H2,1-6H3,(H2,21,22,23);1H. The molecule has 8 nitrogen and oxygen atoms in total. The fourth-order valence-electron chi connectivity index (χ4n) is 2.92. The highest BCUT2D eigenvalue weighted by atomic mass is 127. The highest BCUT2D eigenvalue weighted by molar-refractivity contribution is 14.0. The van der Waals surface area contributed by atoms with E-state index in [1.807, 2.05) is 6.92 Å². The maximum Gasteiger partial charge on any atom is 0.409 e. The summed E-state index contributed by atoms with van der Waals surface area (Å²) in [6.07, 6.45) is 3.58. The Morgan fingerprint density at radius 3 is 2.31 bits per heavy atom. The average Bonchev–Trinajstić information content (AvgIpc) is 2.64. The molecule has 1 heterocycles. The van der Waals surface area contributed by atoms with Crippen LogP contribution in [0.25, 0.3) is 0 Å². The van der Waals surface area contributed by atoms with Crippen LogP contribution in [0.1, 0.15) is 53.4 Å². The van der Waals surface area contributed by atoms with E-state index < -0.39 is 0 Å². The largest absolute Gasteiger partial charge is 0.450 e. The molecule has 2 N–H and O–H groups in total. The fourth-order valence-corrected chi connectivity index (χ4v) is 2.92. The number of guanidine groups is 1. The van der Waals surface area contributed by atoms with Crippen molar-refractivity contribution in [2.45, 2.75) is 65.5 Å². The van der Waals surface area contributed by atoms with Gasteiger partial charge in [0.25, 0.3) is 0 Å². The van der Waals surface area contributed by atoms with Crippen molar-refractivity contribution in [3.63, 3.8) is 0 Å². The summed E-state index contributed by atoms with van der Waals surface area (Å²) in [6, 6.07) is 0.478. The van der Waals surface area contributed by atoms with Gasteiger partial charge in [0, 0.05) is 39.3 Å². The molecule has 0 radical (unpaired) electrons. The molecule has 0 bridgehead atoms. The molecule has 0 aromatic carbocycles. The number of likely N-dealkylation sites (tertiary alicyclic amines) is 1. The van der Waals surface area contributed by atoms with Crippen molar-refractivity contribution in [2.75, 3.05) is 40.3 Å². The summed E-state index contributed by atoms with van der Waals surface area (Å²) in [4.78, 5) is 31.5. The number of ether oxygens (including phenoxy) is 1. The van der Waals surface area contributed by atoms with E-state index in [9.17, 15) is 9.59 Å². The molecule has 2 amide bonds. The zero-order chi connectivity index (χ0) is 21.1. The van der Waals surface area contributed by atoms with Gasteiger partial charge in [0.1, 0.15) is 6.54 Å². The minimum absolute atomic E-state index is 0. The minimum Gasteiger partial charge on any atom is -0.450 e. The number of aliphatic imine (C=N–C) groups is 1. The third kappa shape index (κ3) is 11.5. The first-order valence-electron chi connectivity index (χ1n) is 10.4. The van der Waals surface area contributed by atoms with Crippen molar-refractivity contribution in [1.29, 1.82) is 0 Å². The van der Waals surface area contributed by atoms with Crippen LogP contribution in [0.2, 0.25) is 0 Å². The first-order valence-corrected chi connectivity index (χ1v) is 10.4. The summed E-state index contributed by atoms with van der Waals surface area (Å²) in [5, 5.41) is 6.88. The Hall–Kier alpha value is -1.26. The number of hydrogen-bond donors (Lipinski definition) is 2. The van der Waals surface area contributed by atoms with Crippen molar-refractivity contribution in [3.05, 3.63) is 0 Å². The average molecular weight is 525 g/mol. The molecule has 9 heteroatoms. The molecule has 170 valence electrons. The fraction of sp³-hybridized carbons (Fsp3) is 0.850. The van der Waals surface area contributed by atoms with Crippen LogP contribution in [0.5, 0.6) is 0 Å². The van der Waals surface area contributed by atoms with Crippen LogP contribution in [0.4, 0.5) is 4.79 Å². The van der Waals surface area contributed by atoms with Gasteiger partial charge in [0.2, 0.25) is 5.91 Å². The van der Waals surface area contributed by atoms with Crippen molar-refractivity contribution >= 4 is 41.9 Å². The van der Waals surface area contributed by atoms with Crippen molar-refractivity contribution in [3.8, 4) is 0 Å². The third-order valence-corrected chi connectivity index (χ3v) is 4.79. The molecule has 1 aliphatic rings. The molecule has 0 aromatic rings. The Morgan fingerprint density at radius 1 is 1.17 bits per heavy atom. The van der Waals surface area contributed by atoms with Gasteiger partial charge in [-0.3, -0.25) is 4.79 Å². The number of amides is 2. The molecule has 0 aromatic heterocycles. The Labute approximate surface area is 193 Å². The Bertz CT molecular complexity index is 520. The summed E-state index contributed by atoms with van der Waals surface area (Å²) >= 11 is 0. The minimum atomic E-state index is -0.244. The topological polar surface area (TPSA) is 86.3 Å². The van der Waals surface area contributed by atoms with E-state index in [1.165, 1.54) is 0 Å². The van der Waals surface area contributed by atoms with Gasteiger partial charge in [-0.05, 0) is 45.4 Å². The lowest BCUT2D eigenvalue weighted by Crippen LogP contribution is -2.51. The van der Waals surface area contributed by atoms with E-state index in [0.717, 1.165) is 25.7 Å². The Morgan fingerprint density at radius 2 is 1.79 bits per heavy atom. The summed E-state index contributed by atoms with van der Waals surface area (Å²) in [7, 11) is 3.46. The molecule has 1 saturated heterocycles. The second-order valence-corrected chi connectivity index (χ2v) is 8.07. The van der Waals surface area contributed by atoms with E-state index in [1.54, 1.807) is 23.9 Å². The molecule has 0 aliphatic carbocycles. The van der Waals surface area contributed by atoms with E-state index in [4.69, 9.17) is 4.74 Å². The molecule has 0 spiro atoms. The van der Waals surface area contributed by atoms with Crippen LogP contribution >= 0.6 is 24.0 Å². The third-order valence-electron chi connectivity index (χ3n) is 4.79. The molecule has 1 atom stereocenters. The van der Waals surface area contributed by atoms with E-state index in [0.29, 0.717) is 31.6 Å². The number of hydrogen-bond acceptors (Lipinski definition) is 4. The number of carbonyl (C=O) groups excluding carboxylic acids is 2. The van der Waals surface area contributed by atoms with E-state index in [2.05, 4.69) is 36.4 Å². The number of carbonyl (C=O) groups is 2. The predicted octanol–water partition coefficient (Wildman–Crippen LogP) is 2.67. The van der Waals surface area contributed by atoms with Crippen LogP contribution in [-0.4, -0.2) is 80.2 Å². The molecule has 0 saturated carbocycles. The maximum absolute atomic E-state index is 11.9.